The SMILES string of the molecule is [C-]#[N+]COC(=O)c1cc([N+](=O)[O-])c(N)c([N+](=O)[O-])c1. The summed E-state index contributed by atoms with van der Waals surface area (Å²) in [6, 6.07) is 1.52. The smallest absolute Gasteiger partial charge is 0.359 e. The maximum absolute atomic E-state index is 11.4. The van der Waals surface area contributed by atoms with Gasteiger partial charge in [0.2, 0.25) is 0 Å². The number of carbonyl (C=O) groups is 1. The number of rotatable bonds is 4. The number of hydrogen-bond acceptors (Lipinski definition) is 7. The first kappa shape index (κ1) is 13.8. The number of anilines is 1. The number of esters is 1. The Labute approximate surface area is 105 Å². The molecule has 0 bridgehead atoms. The highest BCUT2D eigenvalue weighted by molar-refractivity contribution is 5.93. The Hall–Kier alpha value is -3.22. The van der Waals surface area contributed by atoms with Crippen LogP contribution in [-0.2, 0) is 4.74 Å². The first-order valence-corrected chi connectivity index (χ1v) is 4.61. The van der Waals surface area contributed by atoms with E-state index in [0.717, 1.165) is 12.1 Å². The van der Waals surface area contributed by atoms with Crippen molar-refractivity contribution in [3.05, 3.63) is 49.3 Å². The van der Waals surface area contributed by atoms with Gasteiger partial charge in [0, 0.05) is 12.1 Å². The third-order valence-electron chi connectivity index (χ3n) is 2.03. The average Bonchev–Trinajstić information content (AvgIpc) is 2.35. The van der Waals surface area contributed by atoms with E-state index in [0.29, 0.717) is 0 Å². The van der Waals surface area contributed by atoms with Gasteiger partial charge in [-0.3, -0.25) is 25.1 Å². The van der Waals surface area contributed by atoms with E-state index in [-0.39, 0.29) is 0 Å². The molecule has 0 radical (unpaired) electrons. The van der Waals surface area contributed by atoms with E-state index in [1.807, 2.05) is 0 Å². The maximum Gasteiger partial charge on any atom is 0.359 e. The van der Waals surface area contributed by atoms with Crippen LogP contribution in [0.15, 0.2) is 12.1 Å². The fourth-order valence-corrected chi connectivity index (χ4v) is 1.22. The highest BCUT2D eigenvalue weighted by Gasteiger charge is 2.27. The molecule has 1 aromatic carbocycles. The second-order valence-electron chi connectivity index (χ2n) is 3.16. The van der Waals surface area contributed by atoms with Gasteiger partial charge in [0.05, 0.1) is 15.4 Å². The van der Waals surface area contributed by atoms with Gasteiger partial charge < -0.3 is 10.5 Å². The van der Waals surface area contributed by atoms with Crippen LogP contribution in [0, 0.1) is 26.8 Å². The summed E-state index contributed by atoms with van der Waals surface area (Å²) < 4.78 is 4.41. The minimum Gasteiger partial charge on any atom is -0.390 e. The van der Waals surface area contributed by atoms with Gasteiger partial charge in [0.25, 0.3) is 11.4 Å². The van der Waals surface area contributed by atoms with E-state index >= 15 is 0 Å². The van der Waals surface area contributed by atoms with Crippen LogP contribution in [0.5, 0.6) is 0 Å². The number of nitrogen functional groups attached to an aromatic ring is 1. The van der Waals surface area contributed by atoms with E-state index in [1.165, 1.54) is 0 Å². The highest BCUT2D eigenvalue weighted by Crippen LogP contribution is 2.32. The van der Waals surface area contributed by atoms with Crippen molar-refractivity contribution in [3.8, 4) is 0 Å². The zero-order chi connectivity index (χ0) is 14.6. The number of carbonyl (C=O) groups excluding carboxylic acids is 1. The molecule has 1 rings (SSSR count). The van der Waals surface area contributed by atoms with Crippen LogP contribution in [0.2, 0.25) is 0 Å². The molecule has 0 aliphatic rings. The van der Waals surface area contributed by atoms with Gasteiger partial charge in [0.1, 0.15) is 0 Å². The lowest BCUT2D eigenvalue weighted by Crippen LogP contribution is -2.08. The van der Waals surface area contributed by atoms with Crippen molar-refractivity contribution in [3.63, 3.8) is 0 Å². The molecule has 0 heterocycles. The minimum atomic E-state index is -1.08. The largest absolute Gasteiger partial charge is 0.390 e. The molecule has 0 saturated heterocycles. The predicted octanol–water partition coefficient (Wildman–Crippen LogP) is 1.12. The molecule has 0 spiro atoms. The van der Waals surface area contributed by atoms with E-state index in [1.54, 1.807) is 0 Å². The monoisotopic (exact) mass is 266 g/mol. The van der Waals surface area contributed by atoms with Gasteiger partial charge in [-0.2, -0.15) is 0 Å². The number of hydrogen-bond donors (Lipinski definition) is 1. The van der Waals surface area contributed by atoms with Crippen molar-refractivity contribution in [1.29, 1.82) is 0 Å². The number of nitrogens with two attached hydrogens (primary N) is 1. The molecule has 0 fully saturated rings. The molecule has 0 saturated carbocycles. The molecule has 19 heavy (non-hydrogen) atoms. The van der Waals surface area contributed by atoms with Crippen molar-refractivity contribution in [2.45, 2.75) is 0 Å². The Morgan fingerprint density at radius 2 is 1.79 bits per heavy atom. The first-order valence-electron chi connectivity index (χ1n) is 4.61. The summed E-state index contributed by atoms with van der Waals surface area (Å²) in [7, 11) is 0. The molecule has 0 aliphatic heterocycles. The Morgan fingerprint density at radius 3 is 2.16 bits per heavy atom. The fraction of sp³-hybridized carbons (Fsp3) is 0.111. The highest BCUT2D eigenvalue weighted by atomic mass is 16.6. The van der Waals surface area contributed by atoms with Gasteiger partial charge >= 0.3 is 12.7 Å². The molecule has 10 heteroatoms. The first-order chi connectivity index (χ1) is 8.88. The summed E-state index contributed by atoms with van der Waals surface area (Å²) in [5.41, 5.74) is 2.65. The number of nitro groups is 2. The van der Waals surface area contributed by atoms with Crippen LogP contribution in [0.3, 0.4) is 0 Å². The minimum absolute atomic E-state index is 0.420. The third kappa shape index (κ3) is 2.91. The zero-order valence-corrected chi connectivity index (χ0v) is 9.23. The summed E-state index contributed by atoms with van der Waals surface area (Å²) in [5.74, 6) is -1.08. The molecule has 0 unspecified atom stereocenters. The van der Waals surface area contributed by atoms with Crippen LogP contribution in [-0.4, -0.2) is 22.5 Å². The number of nitrogens with zero attached hydrogens (tertiary/aromatic N) is 3. The summed E-state index contributed by atoms with van der Waals surface area (Å²) in [5, 5.41) is 21.4. The van der Waals surface area contributed by atoms with Gasteiger partial charge in [-0.05, 0) is 0 Å². The summed E-state index contributed by atoms with van der Waals surface area (Å²) >= 11 is 0. The lowest BCUT2D eigenvalue weighted by atomic mass is 10.1. The Balaban J connectivity index is 3.35. The zero-order valence-electron chi connectivity index (χ0n) is 9.23. The quantitative estimate of drug-likeness (QED) is 0.282. The summed E-state index contributed by atoms with van der Waals surface area (Å²) in [6.45, 7) is 5.83. The maximum atomic E-state index is 11.4. The van der Waals surface area contributed by atoms with Crippen LogP contribution < -0.4 is 5.73 Å². The van der Waals surface area contributed by atoms with Crippen molar-refractivity contribution < 1.29 is 19.4 Å². The van der Waals surface area contributed by atoms with Crippen LogP contribution in [0.1, 0.15) is 10.4 Å². The lowest BCUT2D eigenvalue weighted by Gasteiger charge is -2.02. The molecule has 0 atom stereocenters. The van der Waals surface area contributed by atoms with Crippen LogP contribution in [0.4, 0.5) is 17.1 Å². The molecule has 0 aromatic heterocycles. The molecule has 98 valence electrons. The molecule has 2 N–H and O–H groups in total. The lowest BCUT2D eigenvalue weighted by molar-refractivity contribution is -0.392. The van der Waals surface area contributed by atoms with Crippen molar-refractivity contribution in [2.75, 3.05) is 12.5 Å². The molecule has 0 amide bonds. The summed E-state index contributed by atoms with van der Waals surface area (Å²) in [4.78, 5) is 33.6. The van der Waals surface area contributed by atoms with Crippen molar-refractivity contribution in [2.24, 2.45) is 0 Å². The van der Waals surface area contributed by atoms with Crippen molar-refractivity contribution in [1.82, 2.24) is 0 Å². The van der Waals surface area contributed by atoms with E-state index in [2.05, 4.69) is 9.58 Å². The van der Waals surface area contributed by atoms with Gasteiger partial charge in [-0.1, -0.05) is 0 Å². The van der Waals surface area contributed by atoms with Gasteiger partial charge in [-0.25, -0.2) is 11.4 Å². The third-order valence-corrected chi connectivity index (χ3v) is 2.03. The topological polar surface area (TPSA) is 143 Å². The second-order valence-corrected chi connectivity index (χ2v) is 3.16. The summed E-state index contributed by atoms with van der Waals surface area (Å²) in [6.07, 6.45) is 0. The molecular weight excluding hydrogens is 260 g/mol. The van der Waals surface area contributed by atoms with Crippen molar-refractivity contribution >= 4 is 23.0 Å². The number of nitro benzene ring substituents is 2. The normalized spacial score (nSPS) is 9.42. The molecule has 0 aliphatic carbocycles. The Bertz CT molecular complexity index is 570. The van der Waals surface area contributed by atoms with Gasteiger partial charge in [0.15, 0.2) is 5.69 Å². The van der Waals surface area contributed by atoms with Crippen LogP contribution >= 0.6 is 0 Å². The number of benzene rings is 1. The average molecular weight is 266 g/mol. The Kier molecular flexibility index (Phi) is 3.94. The van der Waals surface area contributed by atoms with E-state index in [9.17, 15) is 25.0 Å². The van der Waals surface area contributed by atoms with E-state index < -0.39 is 45.2 Å². The second kappa shape index (κ2) is 5.41. The van der Waals surface area contributed by atoms with Crippen LogP contribution in [0.25, 0.3) is 4.85 Å². The predicted molar refractivity (Wildman–Crippen MR) is 61.0 cm³/mol. The standard InChI is InChI=1S/C9H6N4O6/c1-11-4-19-9(14)5-2-6(12(15)16)8(10)7(3-5)13(17)18/h2-3H,4,10H2. The molecule has 1 aromatic rings. The van der Waals surface area contributed by atoms with E-state index in [4.69, 9.17) is 12.3 Å². The van der Waals surface area contributed by atoms with Gasteiger partial charge in [-0.15, -0.1) is 0 Å². The fourth-order valence-electron chi connectivity index (χ4n) is 1.22. The Morgan fingerprint density at radius 1 is 1.32 bits per heavy atom. The molecule has 10 nitrogen and oxygen atoms in total. The molecular formula is C9H6N4O6. The number of ether oxygens (including phenoxy) is 1.